The largest absolute Gasteiger partial charge is 0.387 e. The quantitative estimate of drug-likeness (QED) is 0.281. The molecule has 1 saturated carbocycles. The van der Waals surface area contributed by atoms with E-state index in [0.29, 0.717) is 13.1 Å². The van der Waals surface area contributed by atoms with Gasteiger partial charge in [-0.25, -0.2) is 0 Å². The van der Waals surface area contributed by atoms with Gasteiger partial charge in [-0.3, -0.25) is 9.89 Å². The van der Waals surface area contributed by atoms with Gasteiger partial charge < -0.3 is 20.5 Å². The van der Waals surface area contributed by atoms with Crippen LogP contribution in [0.15, 0.2) is 35.3 Å². The summed E-state index contributed by atoms with van der Waals surface area (Å²) in [6.07, 6.45) is 3.69. The number of hydrogen-bond donors (Lipinski definition) is 3. The highest BCUT2D eigenvalue weighted by Gasteiger charge is 2.38. The first-order valence-electron chi connectivity index (χ1n) is 10.6. The first-order chi connectivity index (χ1) is 13.5. The molecule has 1 aliphatic heterocycles. The van der Waals surface area contributed by atoms with Crippen molar-refractivity contribution in [1.29, 1.82) is 0 Å². The first-order valence-corrected chi connectivity index (χ1v) is 10.6. The highest BCUT2D eigenvalue weighted by Crippen LogP contribution is 2.43. The normalized spacial score (nSPS) is 21.4. The van der Waals surface area contributed by atoms with Crippen LogP contribution in [0, 0.1) is 0 Å². The van der Waals surface area contributed by atoms with Crippen molar-refractivity contribution in [1.82, 2.24) is 15.5 Å². The molecule has 3 N–H and O–H groups in total. The molecule has 1 aromatic rings. The van der Waals surface area contributed by atoms with Gasteiger partial charge in [0.05, 0.1) is 25.4 Å². The number of aliphatic imine (C=N–C) groups is 1. The van der Waals surface area contributed by atoms with E-state index in [9.17, 15) is 5.11 Å². The van der Waals surface area contributed by atoms with E-state index in [1.54, 1.807) is 0 Å². The minimum atomic E-state index is -0.854. The molecule has 3 rings (SSSR count). The lowest BCUT2D eigenvalue weighted by Crippen LogP contribution is -2.50. The molecule has 1 aromatic carbocycles. The molecule has 1 heterocycles. The van der Waals surface area contributed by atoms with Gasteiger partial charge in [0.25, 0.3) is 0 Å². The first kappa shape index (κ1) is 24.4. The van der Waals surface area contributed by atoms with Gasteiger partial charge in [0.15, 0.2) is 5.96 Å². The summed E-state index contributed by atoms with van der Waals surface area (Å²) < 4.78 is 5.39. The van der Waals surface area contributed by atoms with E-state index in [0.717, 1.165) is 45.4 Å². The maximum atomic E-state index is 10.8. The van der Waals surface area contributed by atoms with E-state index in [2.05, 4.69) is 52.8 Å². The van der Waals surface area contributed by atoms with Crippen LogP contribution in [0.4, 0.5) is 0 Å². The van der Waals surface area contributed by atoms with E-state index in [-0.39, 0.29) is 29.4 Å². The number of morpholine rings is 1. The van der Waals surface area contributed by atoms with Gasteiger partial charge in [0.1, 0.15) is 0 Å². The summed E-state index contributed by atoms with van der Waals surface area (Å²) >= 11 is 0. The molecule has 2 aliphatic rings. The van der Waals surface area contributed by atoms with E-state index in [1.165, 1.54) is 24.8 Å². The van der Waals surface area contributed by atoms with Crippen molar-refractivity contribution in [2.24, 2.45) is 4.99 Å². The van der Waals surface area contributed by atoms with Crippen LogP contribution in [0.3, 0.4) is 0 Å². The van der Waals surface area contributed by atoms with Gasteiger partial charge in [-0.2, -0.15) is 0 Å². The zero-order valence-electron chi connectivity index (χ0n) is 17.8. The molecule has 1 saturated heterocycles. The lowest BCUT2D eigenvalue weighted by Gasteiger charge is -2.43. The molecule has 1 aliphatic carbocycles. The Kier molecular flexibility index (Phi) is 9.65. The third-order valence-electron chi connectivity index (χ3n) is 5.88. The summed E-state index contributed by atoms with van der Waals surface area (Å²) in [5, 5.41) is 17.7. The fourth-order valence-corrected chi connectivity index (χ4v) is 4.10. The standard InChI is InChI=1S/C22H36N4O2.HI/c1-3-23-20(24-16-21(2,27)18-26-12-14-28-15-13-26)25-17-22(10-7-11-22)19-8-5-4-6-9-19;/h4-6,8-9,27H,3,7,10-18H2,1-2H3,(H2,23,24,25);1H. The summed E-state index contributed by atoms with van der Waals surface area (Å²) in [5.41, 5.74) is 0.755. The predicted molar refractivity (Wildman–Crippen MR) is 129 cm³/mol. The Bertz CT molecular complexity index is 629. The smallest absolute Gasteiger partial charge is 0.191 e. The van der Waals surface area contributed by atoms with E-state index < -0.39 is 5.60 Å². The molecule has 1 atom stereocenters. The Hall–Kier alpha value is -0.900. The molecule has 1 unspecified atom stereocenters. The highest BCUT2D eigenvalue weighted by molar-refractivity contribution is 14.0. The summed E-state index contributed by atoms with van der Waals surface area (Å²) in [4.78, 5) is 6.94. The average Bonchev–Trinajstić information content (AvgIpc) is 2.66. The predicted octanol–water partition coefficient (Wildman–Crippen LogP) is 2.36. The fraction of sp³-hybridized carbons (Fsp3) is 0.682. The molecule has 2 fully saturated rings. The lowest BCUT2D eigenvalue weighted by atomic mass is 9.64. The zero-order valence-corrected chi connectivity index (χ0v) is 20.2. The number of hydrogen-bond acceptors (Lipinski definition) is 4. The van der Waals surface area contributed by atoms with Crippen LogP contribution in [0.25, 0.3) is 0 Å². The Morgan fingerprint density at radius 1 is 1.21 bits per heavy atom. The third kappa shape index (κ3) is 7.08. The molecule has 0 aromatic heterocycles. The van der Waals surface area contributed by atoms with Gasteiger partial charge in [-0.15, -0.1) is 24.0 Å². The molecule has 7 heteroatoms. The van der Waals surface area contributed by atoms with Crippen LogP contribution in [-0.2, 0) is 10.2 Å². The molecule has 164 valence electrons. The Morgan fingerprint density at radius 2 is 1.90 bits per heavy atom. The number of β-amino-alcohol motifs (C(OH)–C–C–N with tert-alkyl or cyclic N) is 1. The van der Waals surface area contributed by atoms with Crippen molar-refractivity contribution in [3.63, 3.8) is 0 Å². The van der Waals surface area contributed by atoms with Crippen LogP contribution in [0.1, 0.15) is 38.7 Å². The van der Waals surface area contributed by atoms with E-state index in [1.807, 2.05) is 6.92 Å². The number of rotatable bonds is 8. The lowest BCUT2D eigenvalue weighted by molar-refractivity contribution is -0.0180. The number of aliphatic hydroxyl groups is 1. The van der Waals surface area contributed by atoms with E-state index >= 15 is 0 Å². The summed E-state index contributed by atoms with van der Waals surface area (Å²) in [7, 11) is 0. The summed E-state index contributed by atoms with van der Waals surface area (Å²) in [6, 6.07) is 10.8. The van der Waals surface area contributed by atoms with Crippen molar-refractivity contribution in [2.75, 3.05) is 52.5 Å². The number of benzene rings is 1. The Morgan fingerprint density at radius 3 is 2.48 bits per heavy atom. The van der Waals surface area contributed by atoms with Crippen LogP contribution >= 0.6 is 24.0 Å². The summed E-state index contributed by atoms with van der Waals surface area (Å²) in [6.45, 7) is 9.83. The van der Waals surface area contributed by atoms with Gasteiger partial charge >= 0.3 is 0 Å². The molecule has 0 spiro atoms. The topological polar surface area (TPSA) is 69.1 Å². The fourth-order valence-electron chi connectivity index (χ4n) is 4.10. The maximum Gasteiger partial charge on any atom is 0.191 e. The minimum absolute atomic E-state index is 0. The van der Waals surface area contributed by atoms with Crippen molar-refractivity contribution in [2.45, 2.75) is 44.1 Å². The van der Waals surface area contributed by atoms with Gasteiger partial charge in [0, 0.05) is 38.1 Å². The van der Waals surface area contributed by atoms with Crippen LogP contribution < -0.4 is 10.6 Å². The number of nitrogens with zero attached hydrogens (tertiary/aromatic N) is 2. The van der Waals surface area contributed by atoms with Crippen molar-refractivity contribution in [3.8, 4) is 0 Å². The SMILES string of the molecule is CCNC(=NCC(C)(O)CN1CCOCC1)NCC1(c2ccccc2)CCC1.I. The number of halogens is 1. The molecular formula is C22H37IN4O2. The number of ether oxygens (including phenoxy) is 1. The van der Waals surface area contributed by atoms with Crippen molar-refractivity contribution >= 4 is 29.9 Å². The van der Waals surface area contributed by atoms with Crippen molar-refractivity contribution < 1.29 is 9.84 Å². The number of guanidine groups is 1. The van der Waals surface area contributed by atoms with Crippen LogP contribution in [0.2, 0.25) is 0 Å². The van der Waals surface area contributed by atoms with Crippen molar-refractivity contribution in [3.05, 3.63) is 35.9 Å². The second-order valence-electron chi connectivity index (χ2n) is 8.43. The second kappa shape index (κ2) is 11.5. The van der Waals surface area contributed by atoms with Crippen LogP contribution in [0.5, 0.6) is 0 Å². The monoisotopic (exact) mass is 516 g/mol. The van der Waals surface area contributed by atoms with Gasteiger partial charge in [-0.05, 0) is 32.3 Å². The maximum absolute atomic E-state index is 10.8. The Labute approximate surface area is 192 Å². The van der Waals surface area contributed by atoms with E-state index in [4.69, 9.17) is 9.73 Å². The van der Waals surface area contributed by atoms with Crippen LogP contribution in [-0.4, -0.2) is 74.0 Å². The molecular weight excluding hydrogens is 479 g/mol. The minimum Gasteiger partial charge on any atom is -0.387 e. The third-order valence-corrected chi connectivity index (χ3v) is 5.88. The molecule has 0 radical (unpaired) electrons. The summed E-state index contributed by atoms with van der Waals surface area (Å²) in [5.74, 6) is 0.784. The molecule has 29 heavy (non-hydrogen) atoms. The molecule has 0 amide bonds. The number of nitrogens with one attached hydrogen (secondary N) is 2. The second-order valence-corrected chi connectivity index (χ2v) is 8.43. The highest BCUT2D eigenvalue weighted by atomic mass is 127. The Balaban J connectivity index is 0.00000300. The molecule has 6 nitrogen and oxygen atoms in total. The molecule has 0 bridgehead atoms. The zero-order chi connectivity index (χ0) is 19.9. The van der Waals surface area contributed by atoms with Gasteiger partial charge in [0.2, 0.25) is 0 Å². The average molecular weight is 516 g/mol. The van der Waals surface area contributed by atoms with Gasteiger partial charge in [-0.1, -0.05) is 36.8 Å².